The molecule has 1 saturated carbocycles. The number of hydrogen-bond donors (Lipinski definition) is 1. The molecule has 1 amide bonds. The average molecular weight is 302 g/mol. The van der Waals surface area contributed by atoms with Crippen molar-refractivity contribution in [2.75, 3.05) is 5.32 Å². The van der Waals surface area contributed by atoms with Crippen LogP contribution in [0, 0.1) is 5.92 Å². The molecule has 3 nitrogen and oxygen atoms in total. The third kappa shape index (κ3) is 3.37. The van der Waals surface area contributed by atoms with Gasteiger partial charge in [0.15, 0.2) is 0 Å². The normalized spacial score (nSPS) is 20.7. The van der Waals surface area contributed by atoms with Gasteiger partial charge in [0.25, 0.3) is 0 Å². The molecule has 1 aliphatic rings. The van der Waals surface area contributed by atoms with Crippen LogP contribution in [-0.2, 0) is 4.79 Å². The second kappa shape index (κ2) is 5.78. The number of nitrogens with one attached hydrogen (secondary N) is 1. The van der Waals surface area contributed by atoms with Gasteiger partial charge in [-0.3, -0.25) is 4.79 Å². The van der Waals surface area contributed by atoms with Crippen LogP contribution in [0.15, 0.2) is 46.9 Å². The van der Waals surface area contributed by atoms with E-state index in [1.807, 2.05) is 24.3 Å². The highest BCUT2D eigenvalue weighted by Crippen LogP contribution is 2.47. The van der Waals surface area contributed by atoms with E-state index in [-0.39, 0.29) is 5.91 Å². The topological polar surface area (TPSA) is 42.2 Å². The minimum absolute atomic E-state index is 0.235. The first-order valence-corrected chi connectivity index (χ1v) is 7.34. The fraction of sp³-hybridized carbons (Fsp3) is 0.235. The van der Waals surface area contributed by atoms with Gasteiger partial charge in [-0.15, -0.1) is 0 Å². The van der Waals surface area contributed by atoms with Gasteiger partial charge in [0.1, 0.15) is 11.5 Å². The Morgan fingerprint density at radius 3 is 2.81 bits per heavy atom. The Bertz CT molecular complexity index is 690. The second-order valence-electron chi connectivity index (χ2n) is 5.36. The molecule has 2 unspecified atom stereocenters. The number of carbonyl (C=O) groups is 1. The van der Waals surface area contributed by atoms with Gasteiger partial charge in [-0.25, -0.2) is 0 Å². The zero-order chi connectivity index (χ0) is 14.8. The third-order valence-electron chi connectivity index (χ3n) is 3.65. The number of benzene rings is 1. The Morgan fingerprint density at radius 1 is 1.33 bits per heavy atom. The van der Waals surface area contributed by atoms with Crippen molar-refractivity contribution in [3.63, 3.8) is 0 Å². The first kappa shape index (κ1) is 14.0. The van der Waals surface area contributed by atoms with E-state index in [9.17, 15) is 4.79 Å². The smallest absolute Gasteiger partial charge is 0.248 e. The lowest BCUT2D eigenvalue weighted by atomic mass is 10.3. The monoisotopic (exact) mass is 301 g/mol. The van der Waals surface area contributed by atoms with Gasteiger partial charge in [0, 0.05) is 12.0 Å². The first-order valence-electron chi connectivity index (χ1n) is 6.97. The predicted molar refractivity (Wildman–Crippen MR) is 84.3 cm³/mol. The zero-order valence-corrected chi connectivity index (χ0v) is 12.4. The molecular formula is C17H16ClNO2. The Labute approximate surface area is 128 Å². The highest BCUT2D eigenvalue weighted by Gasteiger charge is 2.36. The maximum atomic E-state index is 11.8. The number of rotatable bonds is 4. The Morgan fingerprint density at radius 2 is 2.10 bits per heavy atom. The quantitative estimate of drug-likeness (QED) is 0.831. The Hall–Kier alpha value is -2.00. The SMILES string of the molecule is CC1CC1c1ccc(/C=C/C(=O)Nc2ccccc2Cl)o1. The maximum Gasteiger partial charge on any atom is 0.248 e. The molecule has 2 aromatic rings. The van der Waals surface area contributed by atoms with Gasteiger partial charge in [0.2, 0.25) is 5.91 Å². The first-order chi connectivity index (χ1) is 10.1. The highest BCUT2D eigenvalue weighted by atomic mass is 35.5. The van der Waals surface area contributed by atoms with Crippen molar-refractivity contribution in [3.8, 4) is 0 Å². The minimum Gasteiger partial charge on any atom is -0.461 e. The molecule has 1 heterocycles. The Balaban J connectivity index is 1.62. The fourth-order valence-electron chi connectivity index (χ4n) is 2.27. The molecule has 0 bridgehead atoms. The summed E-state index contributed by atoms with van der Waals surface area (Å²) in [4.78, 5) is 11.8. The second-order valence-corrected chi connectivity index (χ2v) is 5.77. The molecule has 0 spiro atoms. The van der Waals surface area contributed by atoms with E-state index >= 15 is 0 Å². The number of para-hydroxylation sites is 1. The van der Waals surface area contributed by atoms with E-state index in [2.05, 4.69) is 12.2 Å². The van der Waals surface area contributed by atoms with E-state index in [0.717, 1.165) is 5.76 Å². The molecule has 108 valence electrons. The van der Waals surface area contributed by atoms with E-state index in [0.29, 0.717) is 28.3 Å². The molecule has 0 aliphatic heterocycles. The van der Waals surface area contributed by atoms with Crippen LogP contribution in [0.4, 0.5) is 5.69 Å². The van der Waals surface area contributed by atoms with E-state index < -0.39 is 0 Å². The molecule has 0 saturated heterocycles. The molecule has 21 heavy (non-hydrogen) atoms. The minimum atomic E-state index is -0.235. The molecular weight excluding hydrogens is 286 g/mol. The summed E-state index contributed by atoms with van der Waals surface area (Å²) in [5.41, 5.74) is 0.598. The van der Waals surface area contributed by atoms with E-state index in [1.165, 1.54) is 12.5 Å². The van der Waals surface area contributed by atoms with Crippen molar-refractivity contribution in [1.82, 2.24) is 0 Å². The van der Waals surface area contributed by atoms with Crippen LogP contribution in [0.25, 0.3) is 6.08 Å². The number of carbonyl (C=O) groups excluding carboxylic acids is 1. The summed E-state index contributed by atoms with van der Waals surface area (Å²) in [5, 5.41) is 3.25. The fourth-order valence-corrected chi connectivity index (χ4v) is 2.45. The summed E-state index contributed by atoms with van der Waals surface area (Å²) < 4.78 is 5.71. The number of amides is 1. The molecule has 1 aromatic heterocycles. The number of anilines is 1. The van der Waals surface area contributed by atoms with Gasteiger partial charge >= 0.3 is 0 Å². The van der Waals surface area contributed by atoms with Gasteiger partial charge in [0.05, 0.1) is 10.7 Å². The largest absolute Gasteiger partial charge is 0.461 e. The van der Waals surface area contributed by atoms with Crippen LogP contribution in [0.3, 0.4) is 0 Å². The van der Waals surface area contributed by atoms with E-state index in [4.69, 9.17) is 16.0 Å². The average Bonchev–Trinajstić information content (AvgIpc) is 3.01. The lowest BCUT2D eigenvalue weighted by Crippen LogP contribution is -2.07. The van der Waals surface area contributed by atoms with Crippen LogP contribution in [0.1, 0.15) is 30.8 Å². The summed E-state index contributed by atoms with van der Waals surface area (Å²) >= 11 is 5.99. The van der Waals surface area contributed by atoms with Crippen LogP contribution in [-0.4, -0.2) is 5.91 Å². The highest BCUT2D eigenvalue weighted by molar-refractivity contribution is 6.33. The zero-order valence-electron chi connectivity index (χ0n) is 11.7. The molecule has 3 rings (SSSR count). The number of furan rings is 1. The van der Waals surface area contributed by atoms with Gasteiger partial charge in [-0.2, -0.15) is 0 Å². The van der Waals surface area contributed by atoms with E-state index in [1.54, 1.807) is 18.2 Å². The van der Waals surface area contributed by atoms with Crippen LogP contribution >= 0.6 is 11.6 Å². The standard InChI is InChI=1S/C17H16ClNO2/c1-11-10-13(11)16-8-6-12(21-16)7-9-17(20)19-15-5-3-2-4-14(15)18/h2-9,11,13H,10H2,1H3,(H,19,20)/b9-7+. The van der Waals surface area contributed by atoms with Crippen LogP contribution < -0.4 is 5.32 Å². The summed E-state index contributed by atoms with van der Waals surface area (Å²) in [6.45, 7) is 2.21. The summed E-state index contributed by atoms with van der Waals surface area (Å²) in [7, 11) is 0. The van der Waals surface area contributed by atoms with Crippen molar-refractivity contribution in [1.29, 1.82) is 0 Å². The predicted octanol–water partition coefficient (Wildman–Crippen LogP) is 4.71. The molecule has 0 radical (unpaired) electrons. The summed E-state index contributed by atoms with van der Waals surface area (Å²) in [6.07, 6.45) is 4.30. The maximum absolute atomic E-state index is 11.8. The molecule has 1 aliphatic carbocycles. The lowest BCUT2D eigenvalue weighted by Gasteiger charge is -2.03. The molecule has 4 heteroatoms. The van der Waals surface area contributed by atoms with Gasteiger partial charge in [-0.05, 0) is 42.7 Å². The van der Waals surface area contributed by atoms with Gasteiger partial charge < -0.3 is 9.73 Å². The van der Waals surface area contributed by atoms with Crippen molar-refractivity contribution >= 4 is 29.3 Å². The van der Waals surface area contributed by atoms with Crippen LogP contribution in [0.5, 0.6) is 0 Å². The van der Waals surface area contributed by atoms with Gasteiger partial charge in [-0.1, -0.05) is 30.7 Å². The molecule has 1 fully saturated rings. The molecule has 1 N–H and O–H groups in total. The Kier molecular flexibility index (Phi) is 3.84. The van der Waals surface area contributed by atoms with Crippen molar-refractivity contribution < 1.29 is 9.21 Å². The molecule has 1 aromatic carbocycles. The lowest BCUT2D eigenvalue weighted by molar-refractivity contribution is -0.111. The molecule has 2 atom stereocenters. The number of halogens is 1. The summed E-state index contributed by atoms with van der Waals surface area (Å²) in [5.74, 6) is 2.72. The third-order valence-corrected chi connectivity index (χ3v) is 3.98. The van der Waals surface area contributed by atoms with Crippen molar-refractivity contribution in [2.24, 2.45) is 5.92 Å². The van der Waals surface area contributed by atoms with Crippen molar-refractivity contribution in [3.05, 3.63) is 59.0 Å². The van der Waals surface area contributed by atoms with Crippen molar-refractivity contribution in [2.45, 2.75) is 19.3 Å². The number of hydrogen-bond acceptors (Lipinski definition) is 2. The van der Waals surface area contributed by atoms with Crippen LogP contribution in [0.2, 0.25) is 5.02 Å². The summed E-state index contributed by atoms with van der Waals surface area (Å²) in [6, 6.07) is 11.0.